The summed E-state index contributed by atoms with van der Waals surface area (Å²) in [6.45, 7) is 5.77. The molecule has 0 atom stereocenters. The number of halogens is 7. The minimum absolute atomic E-state index is 0.0159. The first-order valence-electron chi connectivity index (χ1n) is 22.0. The molecular formula is C53H45Cl7N6O2. The Bertz CT molecular complexity index is 2870. The molecule has 4 aliphatic rings. The third-order valence-corrected chi connectivity index (χ3v) is 14.8. The van der Waals surface area contributed by atoms with E-state index in [1.807, 2.05) is 88.7 Å². The van der Waals surface area contributed by atoms with E-state index in [2.05, 4.69) is 26.1 Å². The molecule has 0 radical (unpaired) electrons. The van der Waals surface area contributed by atoms with Crippen molar-refractivity contribution < 1.29 is 9.59 Å². The number of likely N-dealkylation sites (tertiary alicyclic amines) is 1. The van der Waals surface area contributed by atoms with E-state index in [-0.39, 0.29) is 22.6 Å². The first-order chi connectivity index (χ1) is 32.8. The third kappa shape index (κ3) is 11.4. The van der Waals surface area contributed by atoms with E-state index in [4.69, 9.17) is 87.6 Å². The van der Waals surface area contributed by atoms with E-state index in [0.717, 1.165) is 86.5 Å². The lowest BCUT2D eigenvalue weighted by atomic mass is 9.74. The van der Waals surface area contributed by atoms with Gasteiger partial charge in [0.2, 0.25) is 0 Å². The van der Waals surface area contributed by atoms with Crippen LogP contribution >= 0.6 is 81.2 Å². The zero-order chi connectivity index (χ0) is 48.0. The Balaban J connectivity index is 0.000000162. The third-order valence-electron chi connectivity index (χ3n) is 13.0. The number of carbonyl (C=O) groups is 2. The number of anilines is 2. The molecule has 2 fully saturated rings. The van der Waals surface area contributed by atoms with Gasteiger partial charge in [-0.15, -0.1) is 6.42 Å². The Morgan fingerprint density at radius 3 is 1.53 bits per heavy atom. The van der Waals surface area contributed by atoms with Crippen LogP contribution in [0, 0.1) is 12.3 Å². The lowest BCUT2D eigenvalue weighted by molar-refractivity contribution is 0.0972. The van der Waals surface area contributed by atoms with Gasteiger partial charge in [0.05, 0.1) is 0 Å². The molecule has 4 aliphatic heterocycles. The molecule has 6 aromatic rings. The maximum atomic E-state index is 13.4. The fraction of sp³-hybridized carbons (Fsp3) is 0.245. The highest BCUT2D eigenvalue weighted by molar-refractivity contribution is 6.48. The number of nitrogens with one attached hydrogen (secondary N) is 1. The minimum Gasteiger partial charge on any atom is -0.317 e. The van der Waals surface area contributed by atoms with Gasteiger partial charge < -0.3 is 15.1 Å². The van der Waals surface area contributed by atoms with Gasteiger partial charge >= 0.3 is 0 Å². The Labute approximate surface area is 432 Å². The van der Waals surface area contributed by atoms with Gasteiger partial charge in [0.15, 0.2) is 0 Å². The summed E-state index contributed by atoms with van der Waals surface area (Å²) in [5.74, 6) is 2.38. The molecule has 2 saturated heterocycles. The van der Waals surface area contributed by atoms with Crippen molar-refractivity contribution in [1.29, 1.82) is 0 Å². The molecule has 8 nitrogen and oxygen atoms in total. The average molecular weight is 1050 g/mol. The van der Waals surface area contributed by atoms with Crippen molar-refractivity contribution in [1.82, 2.24) is 20.2 Å². The predicted molar refractivity (Wildman–Crippen MR) is 281 cm³/mol. The Kier molecular flexibility index (Phi) is 16.1. The molecule has 0 saturated carbocycles. The van der Waals surface area contributed by atoms with Crippen LogP contribution in [0.1, 0.15) is 68.7 Å². The van der Waals surface area contributed by atoms with Crippen molar-refractivity contribution in [3.8, 4) is 12.3 Å². The highest BCUT2D eigenvalue weighted by Crippen LogP contribution is 2.49. The lowest BCUT2D eigenvalue weighted by Gasteiger charge is -2.39. The monoisotopic (exact) mass is 1040 g/mol. The van der Waals surface area contributed by atoms with E-state index in [0.29, 0.717) is 59.6 Å². The van der Waals surface area contributed by atoms with Crippen molar-refractivity contribution in [3.05, 3.63) is 191 Å². The molecule has 2 spiro atoms. The van der Waals surface area contributed by atoms with E-state index >= 15 is 0 Å². The zero-order valence-corrected chi connectivity index (χ0v) is 42.0. The molecule has 1 N–H and O–H groups in total. The van der Waals surface area contributed by atoms with Crippen LogP contribution in [-0.4, -0.2) is 72.5 Å². The number of rotatable bonds is 5. The zero-order valence-electron chi connectivity index (χ0n) is 36.7. The second-order valence-corrected chi connectivity index (χ2v) is 20.1. The van der Waals surface area contributed by atoms with Gasteiger partial charge in [-0.3, -0.25) is 14.5 Å². The van der Waals surface area contributed by atoms with E-state index in [1.54, 1.807) is 48.8 Å². The number of aromatic nitrogens is 2. The topological polar surface area (TPSA) is 81.7 Å². The smallest absolute Gasteiger partial charge is 0.258 e. The van der Waals surface area contributed by atoms with Gasteiger partial charge in [-0.1, -0.05) is 105 Å². The number of benzene rings is 4. The molecule has 10 rings (SSSR count). The molecule has 4 aromatic carbocycles. The molecule has 6 heterocycles. The van der Waals surface area contributed by atoms with Crippen LogP contribution in [-0.2, 0) is 10.8 Å². The van der Waals surface area contributed by atoms with Crippen LogP contribution in [0.2, 0.25) is 30.4 Å². The maximum Gasteiger partial charge on any atom is 0.258 e. The maximum absolute atomic E-state index is 13.4. The standard InChI is InChI=1S/C27H23Cl4N3O.C18H17Cl2N3O.C8H5Cl/c28-20-3-1-18(2-4-20)23(30)8-12-33-13-9-27(10-14-33)17-34(24-6-5-21(29)16-22(24)27)26(35)19-7-11-32-25(31)15-19;19-13-1-2-15-14(10-13)18(4-7-21-8-5-18)11-23(15)17(24)12-3-6-22-16(20)9-12;1-2-7-3-5-8(9)6-4-7/h1-8,11,15-16H,9-10,12-14,17H2;1-3,6,9-10,21H,4-5,7-8,11H2;1,3-6H/b23-8-;;. The van der Waals surface area contributed by atoms with Crippen LogP contribution in [0.25, 0.3) is 5.03 Å². The van der Waals surface area contributed by atoms with Crippen molar-refractivity contribution in [2.45, 2.75) is 36.5 Å². The molecule has 0 unspecified atom stereocenters. The van der Waals surface area contributed by atoms with Crippen LogP contribution in [0.5, 0.6) is 0 Å². The van der Waals surface area contributed by atoms with E-state index < -0.39 is 0 Å². The summed E-state index contributed by atoms with van der Waals surface area (Å²) in [6.07, 6.45) is 14.1. The minimum atomic E-state index is -0.132. The van der Waals surface area contributed by atoms with Crippen molar-refractivity contribution in [2.75, 3.05) is 55.6 Å². The van der Waals surface area contributed by atoms with Crippen molar-refractivity contribution >= 4 is 109 Å². The van der Waals surface area contributed by atoms with Gasteiger partial charge in [0, 0.05) is 96.0 Å². The molecule has 68 heavy (non-hydrogen) atoms. The summed E-state index contributed by atoms with van der Waals surface area (Å²) in [5, 5.41) is 7.56. The van der Waals surface area contributed by atoms with Crippen LogP contribution in [0.15, 0.2) is 128 Å². The summed E-state index contributed by atoms with van der Waals surface area (Å²) in [4.78, 5) is 40.6. The summed E-state index contributed by atoms with van der Waals surface area (Å²) >= 11 is 42.8. The van der Waals surface area contributed by atoms with Crippen molar-refractivity contribution in [3.63, 3.8) is 0 Å². The molecule has 0 aliphatic carbocycles. The van der Waals surface area contributed by atoms with Gasteiger partial charge in [-0.2, -0.15) is 0 Å². The molecule has 2 aromatic heterocycles. The SMILES string of the molecule is C#Cc1ccc(Cl)cc1.O=C(c1ccnc(Cl)c1)N1CC2(CCN(C/C=C(\Cl)c3ccc(Cl)cc3)CC2)c2cc(Cl)ccc21.O=C(c1ccnc(Cl)c1)N1CC2(CCNCC2)c2cc(Cl)ccc21. The summed E-state index contributed by atoms with van der Waals surface area (Å²) < 4.78 is 0. The molecule has 15 heteroatoms. The predicted octanol–water partition coefficient (Wildman–Crippen LogP) is 13.3. The number of hydrogen-bond acceptors (Lipinski definition) is 6. The van der Waals surface area contributed by atoms with E-state index in [9.17, 15) is 9.59 Å². The van der Waals surface area contributed by atoms with Crippen LogP contribution in [0.3, 0.4) is 0 Å². The fourth-order valence-corrected chi connectivity index (χ4v) is 10.6. The number of terminal acetylenes is 1. The van der Waals surface area contributed by atoms with E-state index in [1.165, 1.54) is 5.56 Å². The number of carbonyl (C=O) groups excluding carboxylic acids is 2. The summed E-state index contributed by atoms with van der Waals surface area (Å²) in [5.41, 5.74) is 6.96. The number of pyridine rings is 2. The molecule has 2 amide bonds. The number of hydrogen-bond donors (Lipinski definition) is 1. The second kappa shape index (κ2) is 22.0. The highest BCUT2D eigenvalue weighted by atomic mass is 35.5. The average Bonchev–Trinajstić information content (AvgIpc) is 3.82. The normalized spacial score (nSPS) is 16.8. The Hall–Kier alpha value is -4.63. The quantitative estimate of drug-likeness (QED) is 0.137. The Morgan fingerprint density at radius 1 is 0.603 bits per heavy atom. The second-order valence-electron chi connectivity index (χ2n) is 17.2. The van der Waals surface area contributed by atoms with Crippen LogP contribution in [0.4, 0.5) is 11.4 Å². The number of piperidine rings is 2. The number of fused-ring (bicyclic) bond motifs is 4. The van der Waals surface area contributed by atoms with Gasteiger partial charge in [-0.05, 0) is 166 Å². The lowest BCUT2D eigenvalue weighted by Crippen LogP contribution is -2.46. The fourth-order valence-electron chi connectivity index (χ4n) is 9.43. The molecule has 348 valence electrons. The number of nitrogens with zero attached hydrogens (tertiary/aromatic N) is 5. The van der Waals surface area contributed by atoms with Gasteiger partial charge in [0.25, 0.3) is 11.8 Å². The number of amides is 2. The highest BCUT2D eigenvalue weighted by Gasteiger charge is 2.47. The summed E-state index contributed by atoms with van der Waals surface area (Å²) in [6, 6.07) is 33.0. The van der Waals surface area contributed by atoms with Gasteiger partial charge in [-0.25, -0.2) is 9.97 Å². The van der Waals surface area contributed by atoms with Crippen LogP contribution < -0.4 is 15.1 Å². The van der Waals surface area contributed by atoms with Gasteiger partial charge in [0.1, 0.15) is 10.3 Å². The first-order valence-corrected chi connectivity index (χ1v) is 24.6. The molecular weight excluding hydrogens is 1000 g/mol. The largest absolute Gasteiger partial charge is 0.317 e. The molecule has 0 bridgehead atoms. The first kappa shape index (κ1) is 49.8. The Morgan fingerprint density at radius 2 is 1.06 bits per heavy atom. The van der Waals surface area contributed by atoms with Crippen molar-refractivity contribution in [2.24, 2.45) is 0 Å². The summed E-state index contributed by atoms with van der Waals surface area (Å²) in [7, 11) is 0.